The Morgan fingerprint density at radius 2 is 1.74 bits per heavy atom. The lowest BCUT2D eigenvalue weighted by molar-refractivity contribution is 0.100. The molecule has 27 heavy (non-hydrogen) atoms. The van der Waals surface area contributed by atoms with Crippen LogP contribution in [-0.2, 0) is 17.9 Å². The smallest absolute Gasteiger partial charge is 0.249 e. The molecule has 4 nitrogen and oxygen atoms in total. The van der Waals surface area contributed by atoms with Gasteiger partial charge in [-0.15, -0.1) is 0 Å². The van der Waals surface area contributed by atoms with Crippen molar-refractivity contribution < 1.29 is 9.53 Å². The molecule has 4 aromatic rings. The summed E-state index contributed by atoms with van der Waals surface area (Å²) in [7, 11) is 1.69. The Balaban J connectivity index is 2.00. The van der Waals surface area contributed by atoms with Crippen molar-refractivity contribution in [2.75, 3.05) is 7.11 Å². The highest BCUT2D eigenvalue weighted by atomic mass is 16.5. The normalized spacial score (nSPS) is 11.3. The van der Waals surface area contributed by atoms with Crippen LogP contribution in [0.2, 0.25) is 0 Å². The zero-order valence-electron chi connectivity index (χ0n) is 15.5. The number of benzene rings is 3. The van der Waals surface area contributed by atoms with Crippen LogP contribution in [0.25, 0.3) is 21.8 Å². The Kier molecular flexibility index (Phi) is 4.42. The largest absolute Gasteiger partial charge is 0.380 e. The third-order valence-corrected chi connectivity index (χ3v) is 4.99. The van der Waals surface area contributed by atoms with Crippen LogP contribution in [0.1, 0.15) is 27.0 Å². The Bertz CT molecular complexity index is 1140. The van der Waals surface area contributed by atoms with Crippen LogP contribution in [-0.4, -0.2) is 17.6 Å². The molecule has 4 rings (SSSR count). The summed E-state index contributed by atoms with van der Waals surface area (Å²) in [5, 5.41) is 1.95. The second kappa shape index (κ2) is 6.89. The van der Waals surface area contributed by atoms with Crippen molar-refractivity contribution in [2.24, 2.45) is 5.73 Å². The summed E-state index contributed by atoms with van der Waals surface area (Å²) in [5.41, 5.74) is 11.8. The van der Waals surface area contributed by atoms with E-state index in [1.807, 2.05) is 18.2 Å². The van der Waals surface area contributed by atoms with E-state index in [0.29, 0.717) is 12.2 Å². The Morgan fingerprint density at radius 3 is 2.44 bits per heavy atom. The van der Waals surface area contributed by atoms with Crippen LogP contribution in [0, 0.1) is 6.92 Å². The predicted molar refractivity (Wildman–Crippen MR) is 109 cm³/mol. The van der Waals surface area contributed by atoms with Gasteiger partial charge in [-0.25, -0.2) is 0 Å². The van der Waals surface area contributed by atoms with Gasteiger partial charge in [-0.2, -0.15) is 0 Å². The summed E-state index contributed by atoms with van der Waals surface area (Å²) in [4.78, 5) is 12.0. The number of methoxy groups -OCH3 is 1. The number of rotatable bonds is 5. The first-order valence-electron chi connectivity index (χ1n) is 8.96. The van der Waals surface area contributed by atoms with E-state index >= 15 is 0 Å². The topological polar surface area (TPSA) is 57.2 Å². The summed E-state index contributed by atoms with van der Waals surface area (Å²) < 4.78 is 7.55. The fraction of sp³-hybridized carbons (Fsp3) is 0.174. The molecular weight excluding hydrogens is 336 g/mol. The number of nitrogens with two attached hydrogens (primary N) is 1. The van der Waals surface area contributed by atoms with Crippen molar-refractivity contribution in [3.05, 3.63) is 82.9 Å². The molecule has 0 fully saturated rings. The number of amides is 1. The number of primary amides is 1. The molecule has 0 unspecified atom stereocenters. The standard InChI is InChI=1S/C23H22N2O2/c1-15-6-8-16(9-7-15)13-25-20-5-3-4-19(23(24)26)22(20)18-11-10-17(14-27-2)12-21(18)25/h3-12H,13-14H2,1-2H3,(H2,24,26). The van der Waals surface area contributed by atoms with E-state index < -0.39 is 5.91 Å². The number of nitrogens with zero attached hydrogens (tertiary/aromatic N) is 1. The first-order valence-corrected chi connectivity index (χ1v) is 8.96. The highest BCUT2D eigenvalue weighted by molar-refractivity contribution is 6.17. The van der Waals surface area contributed by atoms with Crippen molar-refractivity contribution >= 4 is 27.7 Å². The molecular formula is C23H22N2O2. The molecule has 0 atom stereocenters. The minimum Gasteiger partial charge on any atom is -0.380 e. The van der Waals surface area contributed by atoms with Crippen LogP contribution >= 0.6 is 0 Å². The minimum atomic E-state index is -0.407. The van der Waals surface area contributed by atoms with Crippen LogP contribution in [0.3, 0.4) is 0 Å². The highest BCUT2D eigenvalue weighted by Crippen LogP contribution is 2.33. The molecule has 1 aromatic heterocycles. The molecule has 0 aliphatic carbocycles. The number of carbonyl (C=O) groups excluding carboxylic acids is 1. The van der Waals surface area contributed by atoms with Gasteiger partial charge in [0.25, 0.3) is 0 Å². The highest BCUT2D eigenvalue weighted by Gasteiger charge is 2.17. The van der Waals surface area contributed by atoms with E-state index in [-0.39, 0.29) is 0 Å². The minimum absolute atomic E-state index is 0.407. The van der Waals surface area contributed by atoms with Crippen LogP contribution in [0.15, 0.2) is 60.7 Å². The van der Waals surface area contributed by atoms with E-state index in [1.54, 1.807) is 13.2 Å². The van der Waals surface area contributed by atoms with Gasteiger partial charge in [-0.1, -0.05) is 48.0 Å². The number of fused-ring (bicyclic) bond motifs is 3. The van der Waals surface area contributed by atoms with Crippen LogP contribution in [0.4, 0.5) is 0 Å². The number of ether oxygens (including phenoxy) is 1. The van der Waals surface area contributed by atoms with Gasteiger partial charge in [0.2, 0.25) is 5.91 Å². The van der Waals surface area contributed by atoms with Crippen LogP contribution in [0.5, 0.6) is 0 Å². The molecule has 1 amide bonds. The van der Waals surface area contributed by atoms with Crippen molar-refractivity contribution in [3.8, 4) is 0 Å². The summed E-state index contributed by atoms with van der Waals surface area (Å²) in [6.07, 6.45) is 0. The van der Waals surface area contributed by atoms with E-state index in [1.165, 1.54) is 11.1 Å². The number of carbonyl (C=O) groups is 1. The van der Waals surface area contributed by atoms with Gasteiger partial charge in [0.15, 0.2) is 0 Å². The van der Waals surface area contributed by atoms with Gasteiger partial charge in [0, 0.05) is 35.5 Å². The molecule has 0 spiro atoms. The molecule has 4 heteroatoms. The van der Waals surface area contributed by atoms with Crippen molar-refractivity contribution in [2.45, 2.75) is 20.1 Å². The molecule has 0 bridgehead atoms. The van der Waals surface area contributed by atoms with Gasteiger partial charge in [-0.3, -0.25) is 4.79 Å². The monoisotopic (exact) mass is 358 g/mol. The average Bonchev–Trinajstić information content (AvgIpc) is 2.97. The lowest BCUT2D eigenvalue weighted by Gasteiger charge is -2.09. The molecule has 0 aliphatic heterocycles. The van der Waals surface area contributed by atoms with Crippen molar-refractivity contribution in [1.29, 1.82) is 0 Å². The first kappa shape index (κ1) is 17.3. The molecule has 136 valence electrons. The molecule has 0 saturated heterocycles. The fourth-order valence-electron chi connectivity index (χ4n) is 3.70. The molecule has 0 radical (unpaired) electrons. The second-order valence-electron chi connectivity index (χ2n) is 6.92. The summed E-state index contributed by atoms with van der Waals surface area (Å²) >= 11 is 0. The molecule has 0 aliphatic rings. The number of aromatic nitrogens is 1. The Morgan fingerprint density at radius 1 is 1.00 bits per heavy atom. The summed E-state index contributed by atoms with van der Waals surface area (Å²) in [6.45, 7) is 3.35. The Labute approximate surface area is 158 Å². The number of aryl methyl sites for hydroxylation is 1. The lowest BCUT2D eigenvalue weighted by Crippen LogP contribution is -2.11. The third-order valence-electron chi connectivity index (χ3n) is 4.99. The quantitative estimate of drug-likeness (QED) is 0.575. The fourth-order valence-corrected chi connectivity index (χ4v) is 3.70. The van der Waals surface area contributed by atoms with Crippen molar-refractivity contribution in [1.82, 2.24) is 4.57 Å². The number of hydrogen-bond donors (Lipinski definition) is 1. The number of hydrogen-bond acceptors (Lipinski definition) is 2. The Hall–Kier alpha value is -3.11. The van der Waals surface area contributed by atoms with E-state index in [0.717, 1.165) is 33.9 Å². The van der Waals surface area contributed by atoms with Crippen LogP contribution < -0.4 is 5.73 Å². The van der Waals surface area contributed by atoms with Gasteiger partial charge >= 0.3 is 0 Å². The maximum Gasteiger partial charge on any atom is 0.249 e. The van der Waals surface area contributed by atoms with Gasteiger partial charge in [-0.05, 0) is 36.2 Å². The van der Waals surface area contributed by atoms with E-state index in [4.69, 9.17) is 10.5 Å². The zero-order chi connectivity index (χ0) is 19.0. The second-order valence-corrected chi connectivity index (χ2v) is 6.92. The average molecular weight is 358 g/mol. The van der Waals surface area contributed by atoms with Gasteiger partial charge in [0.1, 0.15) is 0 Å². The van der Waals surface area contributed by atoms with Gasteiger partial charge in [0.05, 0.1) is 12.1 Å². The third kappa shape index (κ3) is 3.09. The maximum atomic E-state index is 12.0. The van der Waals surface area contributed by atoms with Crippen molar-refractivity contribution in [3.63, 3.8) is 0 Å². The maximum absolute atomic E-state index is 12.0. The van der Waals surface area contributed by atoms with E-state index in [9.17, 15) is 4.79 Å². The molecule has 0 saturated carbocycles. The summed E-state index contributed by atoms with van der Waals surface area (Å²) in [6, 6.07) is 20.5. The van der Waals surface area contributed by atoms with Gasteiger partial charge < -0.3 is 15.0 Å². The first-order chi connectivity index (χ1) is 13.1. The molecule has 1 heterocycles. The summed E-state index contributed by atoms with van der Waals surface area (Å²) in [5.74, 6) is -0.407. The molecule has 2 N–H and O–H groups in total. The lowest BCUT2D eigenvalue weighted by atomic mass is 10.0. The SMILES string of the molecule is COCc1ccc2c3c(C(N)=O)cccc3n(Cc3ccc(C)cc3)c2c1. The zero-order valence-corrected chi connectivity index (χ0v) is 15.5. The molecule has 3 aromatic carbocycles. The predicted octanol–water partition coefficient (Wildman–Crippen LogP) is 4.40. The van der Waals surface area contributed by atoms with E-state index in [2.05, 4.69) is 47.9 Å².